The third-order valence-corrected chi connectivity index (χ3v) is 8.80. The monoisotopic (exact) mass is 540 g/mol. The van der Waals surface area contributed by atoms with Crippen LogP contribution in [-0.2, 0) is 25.8 Å². The highest BCUT2D eigenvalue weighted by atomic mass is 32.1. The van der Waals surface area contributed by atoms with Gasteiger partial charge in [-0.1, -0.05) is 65.9 Å². The van der Waals surface area contributed by atoms with Crippen molar-refractivity contribution in [3.8, 4) is 0 Å². The topological polar surface area (TPSA) is 95.4 Å². The van der Waals surface area contributed by atoms with E-state index >= 15 is 0 Å². The van der Waals surface area contributed by atoms with E-state index in [0.29, 0.717) is 35.3 Å². The molecule has 38 heavy (non-hydrogen) atoms. The first-order valence-electron chi connectivity index (χ1n) is 12.3. The van der Waals surface area contributed by atoms with Crippen LogP contribution in [0, 0.1) is 0 Å². The number of amides is 1. The van der Waals surface area contributed by atoms with Crippen molar-refractivity contribution in [3.05, 3.63) is 106 Å². The lowest BCUT2D eigenvalue weighted by Gasteiger charge is -2.29. The maximum absolute atomic E-state index is 13.3. The molecule has 0 fully saturated rings. The largest absolute Gasteiger partial charge is 0.476 e. The molecule has 3 heterocycles. The van der Waals surface area contributed by atoms with Gasteiger partial charge < -0.3 is 10.0 Å². The summed E-state index contributed by atoms with van der Waals surface area (Å²) >= 11 is 2.88. The zero-order valence-electron chi connectivity index (χ0n) is 20.4. The fraction of sp³-hybridized carbons (Fsp3) is 0.172. The normalized spacial score (nSPS) is 12.9. The number of hydrogen-bond donors (Lipinski definition) is 2. The van der Waals surface area contributed by atoms with Gasteiger partial charge in [0.1, 0.15) is 0 Å². The van der Waals surface area contributed by atoms with Crippen molar-refractivity contribution in [2.75, 3.05) is 16.8 Å². The number of aryl methyl sites for hydroxylation is 2. The van der Waals surface area contributed by atoms with E-state index in [9.17, 15) is 14.7 Å². The second-order valence-corrected chi connectivity index (χ2v) is 11.2. The van der Waals surface area contributed by atoms with Crippen molar-refractivity contribution < 1.29 is 14.7 Å². The molecule has 0 saturated heterocycles. The first-order chi connectivity index (χ1) is 18.5. The number of hydrogen-bond acceptors (Lipinski definition) is 7. The number of nitrogens with zero attached hydrogens (tertiary/aromatic N) is 3. The third kappa shape index (κ3) is 4.90. The van der Waals surface area contributed by atoms with Gasteiger partial charge in [-0.25, -0.2) is 14.8 Å². The fourth-order valence-electron chi connectivity index (χ4n) is 4.76. The number of carboxylic acid groups (broad SMARTS) is 1. The number of carbonyl (C=O) groups is 2. The van der Waals surface area contributed by atoms with E-state index in [-0.39, 0.29) is 11.6 Å². The van der Waals surface area contributed by atoms with Crippen molar-refractivity contribution in [3.63, 3.8) is 0 Å². The van der Waals surface area contributed by atoms with Gasteiger partial charge in [0.05, 0.1) is 10.2 Å². The maximum atomic E-state index is 13.3. The zero-order valence-corrected chi connectivity index (χ0v) is 22.0. The van der Waals surface area contributed by atoms with E-state index in [1.54, 1.807) is 0 Å². The Balaban J connectivity index is 1.23. The number of aromatic nitrogens is 2. The number of carbonyl (C=O) groups excluding carboxylic acids is 1. The average molecular weight is 541 g/mol. The van der Waals surface area contributed by atoms with E-state index in [1.165, 1.54) is 22.7 Å². The Morgan fingerprint density at radius 2 is 1.74 bits per heavy atom. The molecule has 1 aliphatic heterocycles. The number of fused-ring (bicyclic) bond motifs is 2. The van der Waals surface area contributed by atoms with E-state index in [2.05, 4.69) is 26.3 Å². The number of benzene rings is 3. The molecule has 1 amide bonds. The molecule has 5 aromatic rings. The standard InChI is InChI=1S/C29H24N4O3S2/c34-26(32-28-30-22-11-4-5-12-23(22)37-28)20-10-6-9-19-15-16-33(17-21(19)20)29-31-25(27(35)36)24(38-29)14-13-18-7-2-1-3-8-18/h1-12H,13-17H2,(H,35,36)(H,30,32,34). The molecule has 0 unspecified atom stereocenters. The third-order valence-electron chi connectivity index (χ3n) is 6.67. The summed E-state index contributed by atoms with van der Waals surface area (Å²) in [5, 5.41) is 14.0. The molecular formula is C29H24N4O3S2. The highest BCUT2D eigenvalue weighted by molar-refractivity contribution is 7.22. The number of para-hydroxylation sites is 1. The number of aromatic carboxylic acids is 1. The van der Waals surface area contributed by atoms with Crippen LogP contribution in [0.25, 0.3) is 10.2 Å². The number of rotatable bonds is 7. The van der Waals surface area contributed by atoms with Crippen LogP contribution in [0.2, 0.25) is 0 Å². The van der Waals surface area contributed by atoms with Gasteiger partial charge in [-0.05, 0) is 54.2 Å². The Bertz CT molecular complexity index is 1610. The molecule has 2 aromatic heterocycles. The van der Waals surface area contributed by atoms with Crippen LogP contribution < -0.4 is 10.2 Å². The Kier molecular flexibility index (Phi) is 6.61. The van der Waals surface area contributed by atoms with Gasteiger partial charge in [0.15, 0.2) is 16.0 Å². The summed E-state index contributed by atoms with van der Waals surface area (Å²) in [7, 11) is 0. The first kappa shape index (κ1) is 24.3. The molecular weight excluding hydrogens is 516 g/mol. The van der Waals surface area contributed by atoms with Gasteiger partial charge in [0.25, 0.3) is 5.91 Å². The van der Waals surface area contributed by atoms with Crippen molar-refractivity contribution in [2.45, 2.75) is 25.8 Å². The lowest BCUT2D eigenvalue weighted by molar-refractivity contribution is 0.0690. The van der Waals surface area contributed by atoms with Crippen molar-refractivity contribution >= 4 is 55.0 Å². The Morgan fingerprint density at radius 3 is 2.55 bits per heavy atom. The fourth-order valence-corrected chi connectivity index (χ4v) is 6.70. The second kappa shape index (κ2) is 10.4. The molecule has 7 nitrogen and oxygen atoms in total. The van der Waals surface area contributed by atoms with Crippen molar-refractivity contribution in [2.24, 2.45) is 0 Å². The smallest absolute Gasteiger partial charge is 0.355 e. The maximum Gasteiger partial charge on any atom is 0.355 e. The molecule has 0 saturated carbocycles. The number of anilines is 2. The minimum atomic E-state index is -1.01. The molecule has 3 aromatic carbocycles. The molecule has 0 bridgehead atoms. The van der Waals surface area contributed by atoms with E-state index in [0.717, 1.165) is 44.6 Å². The van der Waals surface area contributed by atoms with Crippen LogP contribution in [-0.4, -0.2) is 33.5 Å². The van der Waals surface area contributed by atoms with Crippen LogP contribution >= 0.6 is 22.7 Å². The van der Waals surface area contributed by atoms with Gasteiger partial charge in [-0.15, -0.1) is 11.3 Å². The molecule has 1 aliphatic rings. The molecule has 0 spiro atoms. The lowest BCUT2D eigenvalue weighted by Crippen LogP contribution is -2.32. The van der Waals surface area contributed by atoms with E-state index in [1.807, 2.05) is 66.7 Å². The number of nitrogens with one attached hydrogen (secondary N) is 1. The van der Waals surface area contributed by atoms with E-state index < -0.39 is 5.97 Å². The Labute approximate surface area is 227 Å². The van der Waals surface area contributed by atoms with Crippen LogP contribution in [0.3, 0.4) is 0 Å². The minimum Gasteiger partial charge on any atom is -0.476 e. The molecule has 0 atom stereocenters. The molecule has 6 rings (SSSR count). The van der Waals surface area contributed by atoms with Crippen molar-refractivity contribution in [1.29, 1.82) is 0 Å². The molecule has 9 heteroatoms. The van der Waals surface area contributed by atoms with Crippen molar-refractivity contribution in [1.82, 2.24) is 9.97 Å². The second-order valence-electron chi connectivity index (χ2n) is 9.11. The molecule has 190 valence electrons. The summed E-state index contributed by atoms with van der Waals surface area (Å²) in [6.07, 6.45) is 2.12. The summed E-state index contributed by atoms with van der Waals surface area (Å²) < 4.78 is 1.02. The number of carboxylic acids is 1. The summed E-state index contributed by atoms with van der Waals surface area (Å²) in [5.74, 6) is -1.21. The Hall–Kier alpha value is -4.08. The molecule has 0 radical (unpaired) electrons. The van der Waals surface area contributed by atoms with Crippen LogP contribution in [0.15, 0.2) is 72.8 Å². The predicted molar refractivity (Wildman–Crippen MR) is 152 cm³/mol. The average Bonchev–Trinajstić information content (AvgIpc) is 3.56. The first-order valence-corrected chi connectivity index (χ1v) is 14.0. The highest BCUT2D eigenvalue weighted by Gasteiger charge is 2.26. The van der Waals surface area contributed by atoms with Gasteiger partial charge in [-0.3, -0.25) is 10.1 Å². The SMILES string of the molecule is O=C(Nc1nc2ccccc2s1)c1cccc2c1CN(c1nc(C(=O)O)c(CCc3ccccc3)s1)CC2. The summed E-state index contributed by atoms with van der Waals surface area (Å²) in [5.41, 5.74) is 4.80. The number of thiazole rings is 2. The Morgan fingerprint density at radius 1 is 0.921 bits per heavy atom. The van der Waals surface area contributed by atoms with Crippen LogP contribution in [0.5, 0.6) is 0 Å². The van der Waals surface area contributed by atoms with E-state index in [4.69, 9.17) is 0 Å². The van der Waals surface area contributed by atoms with Gasteiger partial charge >= 0.3 is 5.97 Å². The van der Waals surface area contributed by atoms with Gasteiger partial charge in [0, 0.05) is 23.5 Å². The summed E-state index contributed by atoms with van der Waals surface area (Å²) in [4.78, 5) is 37.2. The van der Waals surface area contributed by atoms with Gasteiger partial charge in [-0.2, -0.15) is 0 Å². The van der Waals surface area contributed by atoms with Gasteiger partial charge in [0.2, 0.25) is 0 Å². The zero-order chi connectivity index (χ0) is 26.1. The van der Waals surface area contributed by atoms with Crippen LogP contribution in [0.4, 0.5) is 10.3 Å². The molecule has 2 N–H and O–H groups in total. The summed E-state index contributed by atoms with van der Waals surface area (Å²) in [6.45, 7) is 1.20. The quantitative estimate of drug-likeness (QED) is 0.261. The minimum absolute atomic E-state index is 0.119. The summed E-state index contributed by atoms with van der Waals surface area (Å²) in [6, 6.07) is 23.6. The highest BCUT2D eigenvalue weighted by Crippen LogP contribution is 2.33. The lowest BCUT2D eigenvalue weighted by atomic mass is 9.94. The molecule has 0 aliphatic carbocycles. The van der Waals surface area contributed by atoms with Crippen LogP contribution in [0.1, 0.15) is 42.4 Å². The predicted octanol–water partition coefficient (Wildman–Crippen LogP) is 6.05.